The van der Waals surface area contributed by atoms with Gasteiger partial charge in [0, 0.05) is 12.2 Å². The molecule has 15 heavy (non-hydrogen) atoms. The lowest BCUT2D eigenvalue weighted by Gasteiger charge is -2.40. The van der Waals surface area contributed by atoms with Gasteiger partial charge >= 0.3 is 0 Å². The smallest absolute Gasteiger partial charge is 0.240 e. The molecule has 0 radical (unpaired) electrons. The van der Waals surface area contributed by atoms with Crippen molar-refractivity contribution < 1.29 is 4.79 Å². The standard InChI is InChI=1S/C10H14N4O/c1-6-2-3-7(11)10(13-6)14-5-4-8(14)9(12)15/h2-3,8H,4-5,11H2,1H3,(H2,12,15). The van der Waals surface area contributed by atoms with Crippen LogP contribution in [0.4, 0.5) is 11.5 Å². The van der Waals surface area contributed by atoms with Crippen LogP contribution in [0.25, 0.3) is 0 Å². The van der Waals surface area contributed by atoms with Gasteiger partial charge in [-0.3, -0.25) is 4.79 Å². The quantitative estimate of drug-likeness (QED) is 0.715. The third-order valence-electron chi connectivity index (χ3n) is 2.66. The lowest BCUT2D eigenvalue weighted by molar-refractivity contribution is -0.120. The van der Waals surface area contributed by atoms with Crippen LogP contribution in [-0.2, 0) is 4.79 Å². The van der Waals surface area contributed by atoms with Gasteiger partial charge in [-0.25, -0.2) is 4.98 Å². The van der Waals surface area contributed by atoms with E-state index in [-0.39, 0.29) is 11.9 Å². The highest BCUT2D eigenvalue weighted by Crippen LogP contribution is 2.29. The first-order valence-corrected chi connectivity index (χ1v) is 4.88. The number of aromatic nitrogens is 1. The van der Waals surface area contributed by atoms with Gasteiger partial charge in [0.1, 0.15) is 6.04 Å². The second-order valence-electron chi connectivity index (χ2n) is 3.77. The van der Waals surface area contributed by atoms with E-state index in [1.165, 1.54) is 0 Å². The number of nitrogen functional groups attached to an aromatic ring is 1. The number of nitrogens with two attached hydrogens (primary N) is 2. The molecule has 80 valence electrons. The van der Waals surface area contributed by atoms with Crippen molar-refractivity contribution in [2.24, 2.45) is 5.73 Å². The van der Waals surface area contributed by atoms with Crippen molar-refractivity contribution in [1.82, 2.24) is 4.98 Å². The number of nitrogens with zero attached hydrogens (tertiary/aromatic N) is 2. The van der Waals surface area contributed by atoms with Gasteiger partial charge < -0.3 is 16.4 Å². The minimum absolute atomic E-state index is 0.249. The highest BCUT2D eigenvalue weighted by atomic mass is 16.1. The fourth-order valence-electron chi connectivity index (χ4n) is 1.72. The Bertz CT molecular complexity index is 404. The third kappa shape index (κ3) is 1.60. The topological polar surface area (TPSA) is 85.2 Å². The molecule has 4 N–H and O–H groups in total. The van der Waals surface area contributed by atoms with E-state index in [1.807, 2.05) is 17.9 Å². The van der Waals surface area contributed by atoms with Crippen molar-refractivity contribution in [3.05, 3.63) is 17.8 Å². The summed E-state index contributed by atoms with van der Waals surface area (Å²) in [6, 6.07) is 3.40. The minimum atomic E-state index is -0.316. The Morgan fingerprint density at radius 2 is 2.33 bits per heavy atom. The highest BCUT2D eigenvalue weighted by molar-refractivity contribution is 5.86. The summed E-state index contributed by atoms with van der Waals surface area (Å²) < 4.78 is 0. The van der Waals surface area contributed by atoms with Crippen LogP contribution in [0.1, 0.15) is 12.1 Å². The monoisotopic (exact) mass is 206 g/mol. The van der Waals surface area contributed by atoms with Crippen molar-refractivity contribution >= 4 is 17.4 Å². The zero-order valence-corrected chi connectivity index (χ0v) is 8.60. The van der Waals surface area contributed by atoms with E-state index in [1.54, 1.807) is 6.07 Å². The number of carbonyl (C=O) groups is 1. The van der Waals surface area contributed by atoms with Crippen LogP contribution >= 0.6 is 0 Å². The summed E-state index contributed by atoms with van der Waals surface area (Å²) in [4.78, 5) is 17.2. The predicted molar refractivity (Wildman–Crippen MR) is 58.3 cm³/mol. The van der Waals surface area contributed by atoms with E-state index in [9.17, 15) is 4.79 Å². The number of aryl methyl sites for hydroxylation is 1. The average Bonchev–Trinajstić information content (AvgIpc) is 2.08. The van der Waals surface area contributed by atoms with Crippen LogP contribution in [0, 0.1) is 6.92 Å². The molecule has 2 heterocycles. The molecule has 0 bridgehead atoms. The summed E-state index contributed by atoms with van der Waals surface area (Å²) in [7, 11) is 0. The van der Waals surface area contributed by atoms with Crippen LogP contribution in [0.15, 0.2) is 12.1 Å². The van der Waals surface area contributed by atoms with E-state index in [0.29, 0.717) is 11.5 Å². The first-order valence-electron chi connectivity index (χ1n) is 4.88. The molecule has 1 saturated heterocycles. The van der Waals surface area contributed by atoms with Crippen LogP contribution in [0.5, 0.6) is 0 Å². The number of primary amides is 1. The largest absolute Gasteiger partial charge is 0.396 e. The molecule has 5 heteroatoms. The molecule has 1 unspecified atom stereocenters. The van der Waals surface area contributed by atoms with E-state index in [4.69, 9.17) is 11.5 Å². The molecular weight excluding hydrogens is 192 g/mol. The summed E-state index contributed by atoms with van der Waals surface area (Å²) in [5, 5.41) is 0. The van der Waals surface area contributed by atoms with Crippen molar-refractivity contribution in [2.75, 3.05) is 17.2 Å². The number of hydrogen-bond acceptors (Lipinski definition) is 4. The maximum Gasteiger partial charge on any atom is 0.240 e. The molecule has 1 aromatic rings. The summed E-state index contributed by atoms with van der Waals surface area (Å²) in [5.74, 6) is 0.356. The van der Waals surface area contributed by atoms with Crippen molar-refractivity contribution in [3.63, 3.8) is 0 Å². The minimum Gasteiger partial charge on any atom is -0.396 e. The number of carbonyl (C=O) groups excluding carboxylic acids is 1. The molecule has 2 rings (SSSR count). The van der Waals surface area contributed by atoms with Crippen LogP contribution in [-0.4, -0.2) is 23.5 Å². The maximum absolute atomic E-state index is 11.1. The Labute approximate surface area is 88.1 Å². The first-order chi connectivity index (χ1) is 7.09. The Hall–Kier alpha value is -1.78. The lowest BCUT2D eigenvalue weighted by Crippen LogP contribution is -2.55. The molecule has 0 aromatic carbocycles. The summed E-state index contributed by atoms with van der Waals surface area (Å²) in [6.07, 6.45) is 0.782. The number of rotatable bonds is 2. The predicted octanol–water partition coefficient (Wildman–Crippen LogP) is 0.0362. The molecule has 1 fully saturated rings. The molecule has 5 nitrogen and oxygen atoms in total. The third-order valence-corrected chi connectivity index (χ3v) is 2.66. The molecule has 1 aliphatic heterocycles. The van der Waals surface area contributed by atoms with Crippen LogP contribution in [0.2, 0.25) is 0 Å². The van der Waals surface area contributed by atoms with Gasteiger partial charge in [0.2, 0.25) is 5.91 Å². The Balaban J connectivity index is 2.30. The SMILES string of the molecule is Cc1ccc(N)c(N2CCC2C(N)=O)n1. The number of pyridine rings is 1. The van der Waals surface area contributed by atoms with Gasteiger partial charge in [0.15, 0.2) is 5.82 Å². The Morgan fingerprint density at radius 1 is 1.60 bits per heavy atom. The molecule has 1 aromatic heterocycles. The van der Waals surface area contributed by atoms with Gasteiger partial charge in [-0.2, -0.15) is 0 Å². The Morgan fingerprint density at radius 3 is 2.87 bits per heavy atom. The zero-order chi connectivity index (χ0) is 11.0. The molecular formula is C10H14N4O. The van der Waals surface area contributed by atoms with Crippen LogP contribution < -0.4 is 16.4 Å². The van der Waals surface area contributed by atoms with Crippen molar-refractivity contribution in [1.29, 1.82) is 0 Å². The average molecular weight is 206 g/mol. The van der Waals surface area contributed by atoms with Gasteiger partial charge in [-0.05, 0) is 25.5 Å². The van der Waals surface area contributed by atoms with Gasteiger partial charge in [-0.1, -0.05) is 0 Å². The van der Waals surface area contributed by atoms with E-state index < -0.39 is 0 Å². The number of anilines is 2. The van der Waals surface area contributed by atoms with E-state index in [2.05, 4.69) is 4.98 Å². The molecule has 1 aliphatic rings. The number of amides is 1. The molecule has 0 spiro atoms. The zero-order valence-electron chi connectivity index (χ0n) is 8.60. The molecule has 1 amide bonds. The van der Waals surface area contributed by atoms with Gasteiger partial charge in [0.25, 0.3) is 0 Å². The number of hydrogen-bond donors (Lipinski definition) is 2. The summed E-state index contributed by atoms with van der Waals surface area (Å²) in [5.41, 5.74) is 12.5. The Kier molecular flexibility index (Phi) is 2.22. The maximum atomic E-state index is 11.1. The summed E-state index contributed by atoms with van der Waals surface area (Å²) in [6.45, 7) is 2.68. The molecule has 0 aliphatic carbocycles. The lowest BCUT2D eigenvalue weighted by atomic mass is 10.0. The second kappa shape index (κ2) is 3.42. The highest BCUT2D eigenvalue weighted by Gasteiger charge is 2.34. The van der Waals surface area contributed by atoms with E-state index >= 15 is 0 Å². The fourth-order valence-corrected chi connectivity index (χ4v) is 1.72. The molecule has 1 atom stereocenters. The fraction of sp³-hybridized carbons (Fsp3) is 0.400. The molecule has 0 saturated carbocycles. The van der Waals surface area contributed by atoms with E-state index in [0.717, 1.165) is 18.7 Å². The van der Waals surface area contributed by atoms with Gasteiger partial charge in [0.05, 0.1) is 5.69 Å². The second-order valence-corrected chi connectivity index (χ2v) is 3.77. The summed E-state index contributed by atoms with van der Waals surface area (Å²) >= 11 is 0. The normalized spacial score (nSPS) is 19.8. The first kappa shape index (κ1) is 9.76. The van der Waals surface area contributed by atoms with Crippen molar-refractivity contribution in [2.45, 2.75) is 19.4 Å². The van der Waals surface area contributed by atoms with Crippen LogP contribution in [0.3, 0.4) is 0 Å². The van der Waals surface area contributed by atoms with Crippen molar-refractivity contribution in [3.8, 4) is 0 Å². The van der Waals surface area contributed by atoms with Gasteiger partial charge in [-0.15, -0.1) is 0 Å².